The maximum absolute atomic E-state index is 13.0. The van der Waals surface area contributed by atoms with Crippen LogP contribution in [0.1, 0.15) is 21.6 Å². The van der Waals surface area contributed by atoms with Gasteiger partial charge in [-0.3, -0.25) is 4.79 Å². The quantitative estimate of drug-likeness (QED) is 0.411. The normalized spacial score (nSPS) is 10.5. The number of nitrogens with zero attached hydrogens (tertiary/aromatic N) is 1. The van der Waals surface area contributed by atoms with Gasteiger partial charge in [-0.25, -0.2) is 4.98 Å². The lowest BCUT2D eigenvalue weighted by Crippen LogP contribution is -2.13. The standard InChI is InChI=1S/C27H25N3O2/c1-19-9-11-20(12-10-19)24-6-2-3-7-25(24)27(31)30-22-13-15-23(16-14-22)32-18-17-21-5-4-8-26(28)29-21/h2-16H,17-18H2,1H3,(H2,28,29)(H,30,31). The van der Waals surface area contributed by atoms with Crippen molar-refractivity contribution >= 4 is 17.4 Å². The second-order valence-corrected chi connectivity index (χ2v) is 7.54. The lowest BCUT2D eigenvalue weighted by molar-refractivity contribution is 0.102. The number of ether oxygens (including phenoxy) is 1. The number of anilines is 2. The third-order valence-electron chi connectivity index (χ3n) is 5.10. The van der Waals surface area contributed by atoms with Crippen molar-refractivity contribution in [2.45, 2.75) is 13.3 Å². The monoisotopic (exact) mass is 423 g/mol. The summed E-state index contributed by atoms with van der Waals surface area (Å²) in [5.74, 6) is 1.08. The Labute approximate surface area is 187 Å². The van der Waals surface area contributed by atoms with Gasteiger partial charge in [-0.05, 0) is 60.5 Å². The number of pyridine rings is 1. The average molecular weight is 424 g/mol. The minimum absolute atomic E-state index is 0.150. The van der Waals surface area contributed by atoms with Gasteiger partial charge in [0.2, 0.25) is 0 Å². The van der Waals surface area contributed by atoms with E-state index in [0.29, 0.717) is 30.1 Å². The lowest BCUT2D eigenvalue weighted by Gasteiger charge is -2.12. The summed E-state index contributed by atoms with van der Waals surface area (Å²) >= 11 is 0. The van der Waals surface area contributed by atoms with Crippen LogP contribution in [0.25, 0.3) is 11.1 Å². The first-order chi connectivity index (χ1) is 15.6. The molecule has 0 saturated heterocycles. The third-order valence-corrected chi connectivity index (χ3v) is 5.10. The van der Waals surface area contributed by atoms with Crippen LogP contribution in [0.5, 0.6) is 5.75 Å². The molecule has 32 heavy (non-hydrogen) atoms. The van der Waals surface area contributed by atoms with Gasteiger partial charge in [-0.15, -0.1) is 0 Å². The van der Waals surface area contributed by atoms with Crippen LogP contribution in [-0.2, 0) is 6.42 Å². The van der Waals surface area contributed by atoms with E-state index in [9.17, 15) is 4.79 Å². The van der Waals surface area contributed by atoms with E-state index in [1.54, 1.807) is 6.07 Å². The fraction of sp³-hybridized carbons (Fsp3) is 0.111. The molecule has 0 aliphatic heterocycles. The number of hydrogen-bond acceptors (Lipinski definition) is 4. The molecule has 1 heterocycles. The number of nitrogen functional groups attached to an aromatic ring is 1. The minimum atomic E-state index is -0.150. The molecule has 1 aromatic heterocycles. The number of nitrogens with one attached hydrogen (secondary N) is 1. The second kappa shape index (κ2) is 9.79. The fourth-order valence-corrected chi connectivity index (χ4v) is 3.41. The summed E-state index contributed by atoms with van der Waals surface area (Å²) in [4.78, 5) is 17.2. The molecular formula is C27H25N3O2. The first-order valence-corrected chi connectivity index (χ1v) is 10.5. The number of aromatic nitrogens is 1. The Morgan fingerprint density at radius 3 is 2.41 bits per heavy atom. The van der Waals surface area contributed by atoms with Gasteiger partial charge < -0.3 is 15.8 Å². The van der Waals surface area contributed by atoms with Crippen molar-refractivity contribution in [3.05, 3.63) is 108 Å². The van der Waals surface area contributed by atoms with Gasteiger partial charge in [0, 0.05) is 23.4 Å². The third kappa shape index (κ3) is 5.32. The molecule has 4 rings (SSSR count). The molecule has 0 aliphatic carbocycles. The maximum Gasteiger partial charge on any atom is 0.256 e. The fourth-order valence-electron chi connectivity index (χ4n) is 3.41. The number of rotatable bonds is 7. The SMILES string of the molecule is Cc1ccc(-c2ccccc2C(=O)Nc2ccc(OCCc3cccc(N)n3)cc2)cc1. The number of carbonyl (C=O) groups excluding carboxylic acids is 1. The molecule has 0 unspecified atom stereocenters. The van der Waals surface area contributed by atoms with E-state index in [4.69, 9.17) is 10.5 Å². The lowest BCUT2D eigenvalue weighted by atomic mass is 9.98. The van der Waals surface area contributed by atoms with E-state index in [0.717, 1.165) is 22.6 Å². The van der Waals surface area contributed by atoms with Gasteiger partial charge in [0.25, 0.3) is 5.91 Å². The molecule has 160 valence electrons. The van der Waals surface area contributed by atoms with E-state index in [2.05, 4.69) is 10.3 Å². The molecule has 0 bridgehead atoms. The molecule has 1 amide bonds. The number of benzene rings is 3. The van der Waals surface area contributed by atoms with Crippen molar-refractivity contribution in [1.29, 1.82) is 0 Å². The van der Waals surface area contributed by atoms with Crippen molar-refractivity contribution < 1.29 is 9.53 Å². The van der Waals surface area contributed by atoms with Crippen LogP contribution in [-0.4, -0.2) is 17.5 Å². The Hall–Kier alpha value is -4.12. The van der Waals surface area contributed by atoms with Crippen LogP contribution in [0.3, 0.4) is 0 Å². The van der Waals surface area contributed by atoms with Gasteiger partial charge in [-0.1, -0.05) is 54.1 Å². The highest BCUT2D eigenvalue weighted by Gasteiger charge is 2.12. The van der Waals surface area contributed by atoms with E-state index in [1.807, 2.05) is 91.9 Å². The summed E-state index contributed by atoms with van der Waals surface area (Å²) in [6.07, 6.45) is 0.666. The highest BCUT2D eigenvalue weighted by atomic mass is 16.5. The Morgan fingerprint density at radius 2 is 1.66 bits per heavy atom. The van der Waals surface area contributed by atoms with Crippen LogP contribution in [0.15, 0.2) is 91.0 Å². The van der Waals surface area contributed by atoms with Gasteiger partial charge in [0.1, 0.15) is 11.6 Å². The number of carbonyl (C=O) groups is 1. The van der Waals surface area contributed by atoms with Gasteiger partial charge in [0.05, 0.1) is 6.61 Å². The topological polar surface area (TPSA) is 77.2 Å². The zero-order valence-electron chi connectivity index (χ0n) is 17.9. The molecule has 0 radical (unpaired) electrons. The smallest absolute Gasteiger partial charge is 0.256 e. The predicted octanol–water partition coefficient (Wildman–Crippen LogP) is 5.51. The van der Waals surface area contributed by atoms with Crippen LogP contribution < -0.4 is 15.8 Å². The van der Waals surface area contributed by atoms with Gasteiger partial charge in [0.15, 0.2) is 0 Å². The van der Waals surface area contributed by atoms with Crippen LogP contribution in [0.2, 0.25) is 0 Å². The molecule has 5 nitrogen and oxygen atoms in total. The minimum Gasteiger partial charge on any atom is -0.493 e. The molecule has 0 saturated carbocycles. The van der Waals surface area contributed by atoms with Crippen LogP contribution in [0, 0.1) is 6.92 Å². The van der Waals surface area contributed by atoms with E-state index < -0.39 is 0 Å². The summed E-state index contributed by atoms with van der Waals surface area (Å²) in [6, 6.07) is 28.7. The van der Waals surface area contributed by atoms with Crippen molar-refractivity contribution in [3.8, 4) is 16.9 Å². The Balaban J connectivity index is 1.38. The summed E-state index contributed by atoms with van der Waals surface area (Å²) in [7, 11) is 0. The predicted molar refractivity (Wildman–Crippen MR) is 129 cm³/mol. The molecule has 5 heteroatoms. The van der Waals surface area contributed by atoms with Crippen LogP contribution in [0.4, 0.5) is 11.5 Å². The highest BCUT2D eigenvalue weighted by Crippen LogP contribution is 2.25. The number of nitrogens with two attached hydrogens (primary N) is 1. The van der Waals surface area contributed by atoms with Gasteiger partial charge in [-0.2, -0.15) is 0 Å². The number of amides is 1. The largest absolute Gasteiger partial charge is 0.493 e. The van der Waals surface area contributed by atoms with E-state index in [1.165, 1.54) is 5.56 Å². The molecule has 3 aromatic carbocycles. The zero-order valence-corrected chi connectivity index (χ0v) is 17.9. The van der Waals surface area contributed by atoms with E-state index in [-0.39, 0.29) is 5.91 Å². The van der Waals surface area contributed by atoms with Crippen molar-refractivity contribution in [2.75, 3.05) is 17.7 Å². The number of hydrogen-bond donors (Lipinski definition) is 2. The number of aryl methyl sites for hydroxylation is 1. The first-order valence-electron chi connectivity index (χ1n) is 10.5. The molecule has 0 fully saturated rings. The summed E-state index contributed by atoms with van der Waals surface area (Å²) < 4.78 is 5.79. The second-order valence-electron chi connectivity index (χ2n) is 7.54. The first kappa shape index (κ1) is 21.1. The summed E-state index contributed by atoms with van der Waals surface area (Å²) in [5, 5.41) is 2.98. The molecule has 0 spiro atoms. The summed E-state index contributed by atoms with van der Waals surface area (Å²) in [5.41, 5.74) is 11.0. The Kier molecular flexibility index (Phi) is 6.46. The zero-order chi connectivity index (χ0) is 22.3. The molecule has 4 aromatic rings. The van der Waals surface area contributed by atoms with Gasteiger partial charge >= 0.3 is 0 Å². The molecule has 3 N–H and O–H groups in total. The Morgan fingerprint density at radius 1 is 0.906 bits per heavy atom. The van der Waals surface area contributed by atoms with E-state index >= 15 is 0 Å². The Bertz CT molecular complexity index is 1200. The highest BCUT2D eigenvalue weighted by molar-refractivity contribution is 6.08. The van der Waals surface area contributed by atoms with Crippen molar-refractivity contribution in [3.63, 3.8) is 0 Å². The van der Waals surface area contributed by atoms with Crippen molar-refractivity contribution in [2.24, 2.45) is 0 Å². The average Bonchev–Trinajstić information content (AvgIpc) is 2.81. The molecule has 0 aliphatic rings. The molecular weight excluding hydrogens is 398 g/mol. The van der Waals surface area contributed by atoms with Crippen molar-refractivity contribution in [1.82, 2.24) is 4.98 Å². The molecule has 0 atom stereocenters. The van der Waals surface area contributed by atoms with Crippen LogP contribution >= 0.6 is 0 Å². The maximum atomic E-state index is 13.0. The summed E-state index contributed by atoms with van der Waals surface area (Å²) in [6.45, 7) is 2.54.